The molecule has 0 amide bonds. The van der Waals surface area contributed by atoms with Gasteiger partial charge in [-0.15, -0.1) is 0 Å². The van der Waals surface area contributed by atoms with E-state index < -0.39 is 0 Å². The van der Waals surface area contributed by atoms with E-state index in [2.05, 4.69) is 22.3 Å². The molecule has 1 aliphatic heterocycles. The molecule has 1 saturated carbocycles. The first-order valence-electron chi connectivity index (χ1n) is 7.51. The van der Waals surface area contributed by atoms with Crippen LogP contribution in [0.2, 0.25) is 5.02 Å². The third kappa shape index (κ3) is 3.95. The van der Waals surface area contributed by atoms with Crippen LogP contribution in [0.5, 0.6) is 0 Å². The van der Waals surface area contributed by atoms with Crippen LogP contribution in [-0.4, -0.2) is 37.1 Å². The molecule has 0 bridgehead atoms. The van der Waals surface area contributed by atoms with E-state index >= 15 is 0 Å². The highest BCUT2D eigenvalue weighted by Gasteiger charge is 2.32. The summed E-state index contributed by atoms with van der Waals surface area (Å²) in [7, 11) is 0. The van der Waals surface area contributed by atoms with E-state index in [1.54, 1.807) is 0 Å². The van der Waals surface area contributed by atoms with Gasteiger partial charge in [0.2, 0.25) is 0 Å². The summed E-state index contributed by atoms with van der Waals surface area (Å²) in [6.07, 6.45) is 5.28. The third-order valence-electron chi connectivity index (χ3n) is 4.33. The zero-order valence-electron chi connectivity index (χ0n) is 11.4. The monoisotopic (exact) mass is 278 g/mol. The van der Waals surface area contributed by atoms with Gasteiger partial charge in [0.25, 0.3) is 0 Å². The lowest BCUT2D eigenvalue weighted by Gasteiger charge is -2.24. The van der Waals surface area contributed by atoms with Crippen LogP contribution in [0, 0.1) is 5.92 Å². The second-order valence-corrected chi connectivity index (χ2v) is 6.37. The first kappa shape index (κ1) is 13.4. The highest BCUT2D eigenvalue weighted by atomic mass is 35.5. The summed E-state index contributed by atoms with van der Waals surface area (Å²) in [4.78, 5) is 2.64. The fraction of sp³-hybridized carbons (Fsp3) is 0.625. The van der Waals surface area contributed by atoms with Gasteiger partial charge < -0.3 is 10.2 Å². The first-order chi connectivity index (χ1) is 9.31. The maximum Gasteiger partial charge on any atom is 0.0406 e. The predicted molar refractivity (Wildman–Crippen MR) is 80.7 cm³/mol. The number of hydrogen-bond acceptors (Lipinski definition) is 2. The Morgan fingerprint density at radius 3 is 2.74 bits per heavy atom. The average Bonchev–Trinajstić information content (AvgIpc) is 3.25. The second-order valence-electron chi connectivity index (χ2n) is 5.93. The molecule has 19 heavy (non-hydrogen) atoms. The summed E-state index contributed by atoms with van der Waals surface area (Å²) in [6.45, 7) is 4.84. The molecular weight excluding hydrogens is 256 g/mol. The highest BCUT2D eigenvalue weighted by molar-refractivity contribution is 6.30. The van der Waals surface area contributed by atoms with Gasteiger partial charge in [-0.25, -0.2) is 0 Å². The van der Waals surface area contributed by atoms with E-state index in [1.807, 2.05) is 12.1 Å². The van der Waals surface area contributed by atoms with Crippen molar-refractivity contribution in [2.45, 2.75) is 31.7 Å². The van der Waals surface area contributed by atoms with E-state index in [9.17, 15) is 0 Å². The fourth-order valence-corrected chi connectivity index (χ4v) is 3.11. The number of nitrogens with one attached hydrogen (secondary N) is 1. The molecular formula is C16H23ClN2. The molecule has 1 saturated heterocycles. The Morgan fingerprint density at radius 1 is 1.21 bits per heavy atom. The minimum atomic E-state index is 0.743. The molecule has 1 aromatic carbocycles. The van der Waals surface area contributed by atoms with E-state index in [0.29, 0.717) is 0 Å². The van der Waals surface area contributed by atoms with Gasteiger partial charge in [-0.3, -0.25) is 0 Å². The van der Waals surface area contributed by atoms with Gasteiger partial charge in [0, 0.05) is 24.2 Å². The largest absolute Gasteiger partial charge is 0.312 e. The molecule has 1 unspecified atom stereocenters. The zero-order valence-corrected chi connectivity index (χ0v) is 12.2. The van der Waals surface area contributed by atoms with E-state index in [-0.39, 0.29) is 0 Å². The lowest BCUT2D eigenvalue weighted by Crippen LogP contribution is -2.39. The van der Waals surface area contributed by atoms with Crippen LogP contribution < -0.4 is 5.32 Å². The van der Waals surface area contributed by atoms with Crippen LogP contribution in [0.1, 0.15) is 24.8 Å². The Kier molecular flexibility index (Phi) is 4.42. The minimum Gasteiger partial charge on any atom is -0.312 e. The van der Waals surface area contributed by atoms with Crippen molar-refractivity contribution in [2.75, 3.05) is 26.2 Å². The quantitative estimate of drug-likeness (QED) is 0.911. The van der Waals surface area contributed by atoms with Crippen molar-refractivity contribution < 1.29 is 0 Å². The number of rotatable bonds is 4. The summed E-state index contributed by atoms with van der Waals surface area (Å²) in [5, 5.41) is 4.55. The van der Waals surface area contributed by atoms with Crippen LogP contribution in [-0.2, 0) is 6.42 Å². The lowest BCUT2D eigenvalue weighted by molar-refractivity contribution is 0.261. The van der Waals surface area contributed by atoms with E-state index in [4.69, 9.17) is 11.6 Å². The Morgan fingerprint density at radius 2 is 2.00 bits per heavy atom. The normalized spacial score (nSPS) is 25.2. The van der Waals surface area contributed by atoms with Crippen molar-refractivity contribution in [1.29, 1.82) is 0 Å². The SMILES string of the molecule is Clc1ccc(CCN2CCCNC(C3CC3)C2)cc1. The summed E-state index contributed by atoms with van der Waals surface area (Å²) in [5.41, 5.74) is 1.39. The van der Waals surface area contributed by atoms with Crippen LogP contribution in [0.15, 0.2) is 24.3 Å². The Labute approximate surface area is 121 Å². The van der Waals surface area contributed by atoms with Gasteiger partial charge in [-0.2, -0.15) is 0 Å². The van der Waals surface area contributed by atoms with Gasteiger partial charge in [0.1, 0.15) is 0 Å². The van der Waals surface area contributed by atoms with Crippen molar-refractivity contribution >= 4 is 11.6 Å². The molecule has 0 radical (unpaired) electrons. The molecule has 1 heterocycles. The predicted octanol–water partition coefficient (Wildman–Crippen LogP) is 2.96. The van der Waals surface area contributed by atoms with Crippen LogP contribution >= 0.6 is 11.6 Å². The Hall–Kier alpha value is -0.570. The number of hydrogen-bond donors (Lipinski definition) is 1. The standard InChI is InChI=1S/C16H23ClN2/c17-15-6-2-13(3-7-15)8-11-19-10-1-9-18-16(12-19)14-4-5-14/h2-3,6-7,14,16,18H,1,4-5,8-12H2. The number of nitrogens with zero attached hydrogens (tertiary/aromatic N) is 1. The molecule has 104 valence electrons. The van der Waals surface area contributed by atoms with Crippen molar-refractivity contribution in [2.24, 2.45) is 5.92 Å². The molecule has 2 aliphatic rings. The Bertz CT molecular complexity index is 400. The molecule has 1 atom stereocenters. The summed E-state index contributed by atoms with van der Waals surface area (Å²) in [6, 6.07) is 9.03. The minimum absolute atomic E-state index is 0.743. The van der Waals surface area contributed by atoms with Crippen molar-refractivity contribution in [3.63, 3.8) is 0 Å². The molecule has 1 aliphatic carbocycles. The van der Waals surface area contributed by atoms with Crippen molar-refractivity contribution in [3.8, 4) is 0 Å². The van der Waals surface area contributed by atoms with Gasteiger partial charge in [-0.1, -0.05) is 23.7 Å². The first-order valence-corrected chi connectivity index (χ1v) is 7.89. The van der Waals surface area contributed by atoms with Gasteiger partial charge in [-0.05, 0) is 62.4 Å². The second kappa shape index (κ2) is 6.25. The van der Waals surface area contributed by atoms with Crippen LogP contribution in [0.25, 0.3) is 0 Å². The maximum absolute atomic E-state index is 5.92. The maximum atomic E-state index is 5.92. The fourth-order valence-electron chi connectivity index (χ4n) is 2.98. The molecule has 2 fully saturated rings. The number of halogens is 1. The van der Waals surface area contributed by atoms with Gasteiger partial charge in [0.05, 0.1) is 0 Å². The van der Waals surface area contributed by atoms with Crippen LogP contribution in [0.3, 0.4) is 0 Å². The molecule has 0 aromatic heterocycles. The van der Waals surface area contributed by atoms with E-state index in [1.165, 1.54) is 51.0 Å². The summed E-state index contributed by atoms with van der Waals surface area (Å²) < 4.78 is 0. The summed E-state index contributed by atoms with van der Waals surface area (Å²) >= 11 is 5.92. The number of benzene rings is 1. The molecule has 1 N–H and O–H groups in total. The van der Waals surface area contributed by atoms with E-state index in [0.717, 1.165) is 23.4 Å². The topological polar surface area (TPSA) is 15.3 Å². The van der Waals surface area contributed by atoms with Crippen molar-refractivity contribution in [1.82, 2.24) is 10.2 Å². The third-order valence-corrected chi connectivity index (χ3v) is 4.59. The molecule has 3 rings (SSSR count). The molecule has 1 aromatic rings. The lowest BCUT2D eigenvalue weighted by atomic mass is 10.1. The van der Waals surface area contributed by atoms with Gasteiger partial charge >= 0.3 is 0 Å². The highest BCUT2D eigenvalue weighted by Crippen LogP contribution is 2.33. The zero-order chi connectivity index (χ0) is 13.1. The van der Waals surface area contributed by atoms with Crippen molar-refractivity contribution in [3.05, 3.63) is 34.9 Å². The molecule has 3 heteroatoms. The molecule has 0 spiro atoms. The summed E-state index contributed by atoms with van der Waals surface area (Å²) in [5.74, 6) is 0.955. The molecule has 2 nitrogen and oxygen atoms in total. The van der Waals surface area contributed by atoms with Gasteiger partial charge in [0.15, 0.2) is 0 Å². The smallest absolute Gasteiger partial charge is 0.0406 e. The Balaban J connectivity index is 1.51. The average molecular weight is 279 g/mol. The van der Waals surface area contributed by atoms with Crippen LogP contribution in [0.4, 0.5) is 0 Å².